The second kappa shape index (κ2) is 45.1. The van der Waals surface area contributed by atoms with E-state index in [-0.39, 0.29) is 44.0 Å². The molecule has 8 aromatic rings. The number of carbonyl (C=O) groups is 4. The van der Waals surface area contributed by atoms with E-state index >= 15 is 0 Å². The van der Waals surface area contributed by atoms with Gasteiger partial charge in [-0.3, -0.25) is 19.2 Å². The maximum Gasteiger partial charge on any atom is 0.310 e. The third-order valence-electron chi connectivity index (χ3n) is 12.1. The summed E-state index contributed by atoms with van der Waals surface area (Å²) in [4.78, 5) is 44.4. The number of halogens is 4. The molecule has 8 aromatic carbocycles. The lowest BCUT2D eigenvalue weighted by atomic mass is 10.0. The standard InChI is InChI=1S/C18H17F2NO2S.C17H17NO2S.2C14H12O2.C4H7F2NOS.C3H7NOS.4H2/c19-18(20,11-21-13-24)12-23-17(22)10-14-6-8-16(9-7-14)15-4-2-1-3-5-15;19-17(20-11-10-18-13-21)12-14-6-8-16(9-7-14)15-4-2-1-3-5-15;2*15-14(16)10-11-6-8-13(9-7-11)12-4-2-1-3-5-12;5-4(6,2-8)1-7-3-9;5-2-1-4-3-6;;;;/h1-9,13H,10-12H2,(H,21,24);1-9,13H,10-12H2,(H,18,21);2*1-9H,10H2,(H,15,16);3,8H,1-2H2,(H,7,9);3,5H,1-2H2,(H,4,6);4*1H. The topological polar surface area (TPSA) is 216 Å². The van der Waals surface area contributed by atoms with Crippen LogP contribution in [0.25, 0.3) is 44.5 Å². The Hall–Kier alpha value is -9.16. The van der Waals surface area contributed by atoms with Crippen molar-refractivity contribution in [1.29, 1.82) is 0 Å². The normalized spacial score (nSPS) is 10.2. The fourth-order valence-corrected chi connectivity index (χ4v) is 8.05. The summed E-state index contributed by atoms with van der Waals surface area (Å²) < 4.78 is 60.4. The number of esters is 2. The minimum Gasteiger partial charge on any atom is -0.481 e. The summed E-state index contributed by atoms with van der Waals surface area (Å²) in [6.45, 7) is -1.80. The number of alkyl halides is 4. The molecule has 0 bridgehead atoms. The molecule has 8 N–H and O–H groups in total. The Labute approximate surface area is 560 Å². The molecule has 0 saturated heterocycles. The van der Waals surface area contributed by atoms with Gasteiger partial charge in [-0.05, 0) is 66.8 Å². The summed E-state index contributed by atoms with van der Waals surface area (Å²) in [5.74, 6) is -8.73. The number of hydrogen-bond acceptors (Lipinski definition) is 12. The smallest absolute Gasteiger partial charge is 0.310 e. The number of carbonyl (C=O) groups excluding carboxylic acids is 2. The Morgan fingerprint density at radius 3 is 0.924 bits per heavy atom. The van der Waals surface area contributed by atoms with Gasteiger partial charge in [0, 0.05) is 18.8 Å². The number of ether oxygens (including phenoxy) is 2. The zero-order chi connectivity index (χ0) is 67.2. The molecule has 0 radical (unpaired) electrons. The van der Waals surface area contributed by atoms with Gasteiger partial charge in [0.05, 0.1) is 67.3 Å². The predicted octanol–water partition coefficient (Wildman–Crippen LogP) is 13.2. The Morgan fingerprint density at radius 2 is 0.652 bits per heavy atom. The van der Waals surface area contributed by atoms with Crippen LogP contribution in [0, 0.1) is 0 Å². The molecule has 8 rings (SSSR count). The molecule has 0 aliphatic heterocycles. The molecule has 0 atom stereocenters. The highest BCUT2D eigenvalue weighted by atomic mass is 32.1. The van der Waals surface area contributed by atoms with Crippen molar-refractivity contribution in [2.75, 3.05) is 52.6 Å². The number of thiocarbonyl (C=S) groups is 4. The maximum absolute atomic E-state index is 13.3. The summed E-state index contributed by atoms with van der Waals surface area (Å²) in [7, 11) is 0. The molecule has 0 saturated carbocycles. The van der Waals surface area contributed by atoms with E-state index < -0.39 is 56.1 Å². The molecule has 0 amide bonds. The van der Waals surface area contributed by atoms with Gasteiger partial charge in [0.15, 0.2) is 6.61 Å². The van der Waals surface area contributed by atoms with Gasteiger partial charge in [0.25, 0.3) is 11.8 Å². The third-order valence-corrected chi connectivity index (χ3v) is 12.8. The van der Waals surface area contributed by atoms with Crippen molar-refractivity contribution in [3.05, 3.63) is 241 Å². The van der Waals surface area contributed by atoms with Gasteiger partial charge in [-0.1, -0.05) is 267 Å². The predicted molar refractivity (Wildman–Crippen MR) is 379 cm³/mol. The summed E-state index contributed by atoms with van der Waals surface area (Å²) >= 11 is 17.6. The first-order valence-electron chi connectivity index (χ1n) is 28.3. The Morgan fingerprint density at radius 1 is 0.380 bits per heavy atom. The van der Waals surface area contributed by atoms with Crippen molar-refractivity contribution in [1.82, 2.24) is 21.3 Å². The third kappa shape index (κ3) is 34.1. The van der Waals surface area contributed by atoms with E-state index in [1.54, 1.807) is 12.1 Å². The van der Waals surface area contributed by atoms with Crippen LogP contribution in [0.3, 0.4) is 0 Å². The van der Waals surface area contributed by atoms with Crippen LogP contribution in [0.2, 0.25) is 0 Å². The van der Waals surface area contributed by atoms with Gasteiger partial charge in [-0.25, -0.2) is 17.6 Å². The van der Waals surface area contributed by atoms with Crippen LogP contribution in [0.1, 0.15) is 28.0 Å². The van der Waals surface area contributed by atoms with Crippen LogP contribution < -0.4 is 21.3 Å². The van der Waals surface area contributed by atoms with Gasteiger partial charge in [-0.2, -0.15) is 0 Å². The second-order valence-electron chi connectivity index (χ2n) is 19.4. The molecular formula is C70H80F4N4O10S4. The van der Waals surface area contributed by atoms with Crippen molar-refractivity contribution in [2.24, 2.45) is 0 Å². The average Bonchev–Trinajstić information content (AvgIpc) is 0.933. The molecule has 0 aromatic heterocycles. The lowest BCUT2D eigenvalue weighted by Crippen LogP contribution is -2.36. The highest BCUT2D eigenvalue weighted by molar-refractivity contribution is 7.79. The van der Waals surface area contributed by atoms with Crippen molar-refractivity contribution >= 4 is 94.7 Å². The van der Waals surface area contributed by atoms with Gasteiger partial charge in [0.2, 0.25) is 0 Å². The van der Waals surface area contributed by atoms with Crippen molar-refractivity contribution in [2.45, 2.75) is 37.5 Å². The average molecular weight is 1340 g/mol. The number of hydrogen-bond donors (Lipinski definition) is 8. The zero-order valence-electron chi connectivity index (χ0n) is 50.0. The fourth-order valence-electron chi connectivity index (χ4n) is 7.65. The van der Waals surface area contributed by atoms with Gasteiger partial charge in [0.1, 0.15) is 13.2 Å². The molecule has 0 aliphatic rings. The molecule has 92 heavy (non-hydrogen) atoms. The van der Waals surface area contributed by atoms with E-state index in [1.807, 2.05) is 194 Å². The number of carboxylic acid groups (broad SMARTS) is 2. The first-order valence-corrected chi connectivity index (χ1v) is 30.2. The van der Waals surface area contributed by atoms with Crippen LogP contribution >= 0.6 is 48.9 Å². The maximum atomic E-state index is 13.3. The minimum absolute atomic E-state index is 0. The molecule has 0 fully saturated rings. The summed E-state index contributed by atoms with van der Waals surface area (Å²) in [5.41, 5.74) is 17.0. The summed E-state index contributed by atoms with van der Waals surface area (Å²) in [6, 6.07) is 70.5. The van der Waals surface area contributed by atoms with E-state index in [4.69, 9.17) is 25.2 Å². The number of aliphatic hydroxyl groups excluding tert-OH is 2. The van der Waals surface area contributed by atoms with E-state index in [9.17, 15) is 36.7 Å². The highest BCUT2D eigenvalue weighted by Crippen LogP contribution is 2.23. The van der Waals surface area contributed by atoms with Crippen LogP contribution in [-0.2, 0) is 54.3 Å². The van der Waals surface area contributed by atoms with Crippen molar-refractivity contribution < 1.29 is 72.3 Å². The largest absolute Gasteiger partial charge is 0.481 e. The first kappa shape index (κ1) is 77.1. The molecule has 22 heteroatoms. The lowest BCUT2D eigenvalue weighted by molar-refractivity contribution is -0.153. The van der Waals surface area contributed by atoms with Crippen LogP contribution in [0.15, 0.2) is 218 Å². The van der Waals surface area contributed by atoms with Crippen molar-refractivity contribution in [3.63, 3.8) is 0 Å². The molecule has 0 heterocycles. The monoisotopic (exact) mass is 1340 g/mol. The molecule has 0 aliphatic carbocycles. The number of carboxylic acids is 2. The minimum atomic E-state index is -3.15. The Balaban J connectivity index is 0. The zero-order valence-corrected chi connectivity index (χ0v) is 53.2. The molecule has 0 unspecified atom stereocenters. The fraction of sp³-hybridized carbons (Fsp3) is 0.200. The number of aliphatic hydroxyl groups is 2. The van der Waals surface area contributed by atoms with E-state index in [0.717, 1.165) is 72.2 Å². The lowest BCUT2D eigenvalue weighted by Gasteiger charge is -2.16. The SMILES string of the molecule is O=C(Cc1ccc(-c2ccccc2)cc1)OCC(F)(F)CNC=S.O=C(Cc1ccc(-c2ccccc2)cc1)OCCNC=S.O=C(O)Cc1ccc(-c2ccccc2)cc1.O=C(O)Cc1ccc(-c2ccccc2)cc1.OCC(F)(F)CNC=S.OCCNC=S.[HH].[HH].[HH].[HH]. The first-order chi connectivity index (χ1) is 44.3. The second-order valence-corrected chi connectivity index (χ2v) is 20.3. The van der Waals surface area contributed by atoms with Gasteiger partial charge in [-0.15, -0.1) is 0 Å². The molecular weight excluding hydrogens is 1260 g/mol. The van der Waals surface area contributed by atoms with Gasteiger partial charge < -0.3 is 51.2 Å². The Bertz CT molecular complexity index is 3330. The van der Waals surface area contributed by atoms with E-state index in [0.29, 0.717) is 25.3 Å². The van der Waals surface area contributed by atoms with Crippen LogP contribution in [-0.4, -0.2) is 131 Å². The number of benzene rings is 8. The van der Waals surface area contributed by atoms with Crippen LogP contribution in [0.5, 0.6) is 0 Å². The molecule has 14 nitrogen and oxygen atoms in total. The van der Waals surface area contributed by atoms with Crippen LogP contribution in [0.4, 0.5) is 17.6 Å². The number of nitrogens with one attached hydrogen (secondary N) is 4. The molecule has 0 spiro atoms. The quantitative estimate of drug-likeness (QED) is 0.00990. The molecule has 492 valence electrons. The number of rotatable bonds is 28. The highest BCUT2D eigenvalue weighted by Gasteiger charge is 2.30. The van der Waals surface area contributed by atoms with E-state index in [2.05, 4.69) is 87.0 Å². The summed E-state index contributed by atoms with van der Waals surface area (Å²) in [6.07, 6.45) is 0.391. The number of aliphatic carboxylic acids is 2. The van der Waals surface area contributed by atoms with Crippen molar-refractivity contribution in [3.8, 4) is 44.5 Å². The Kier molecular flexibility index (Phi) is 37.8. The van der Waals surface area contributed by atoms with E-state index in [1.165, 1.54) is 11.0 Å². The van der Waals surface area contributed by atoms with Gasteiger partial charge >= 0.3 is 23.9 Å². The summed E-state index contributed by atoms with van der Waals surface area (Å²) in [5, 5.41) is 43.2.